The van der Waals surface area contributed by atoms with Crippen molar-refractivity contribution >= 4 is 39.5 Å². The van der Waals surface area contributed by atoms with Crippen LogP contribution in [0.1, 0.15) is 20.3 Å². The lowest BCUT2D eigenvalue weighted by Crippen LogP contribution is -2.41. The number of nitrogens with one attached hydrogen (secondary N) is 3. The molecule has 0 aromatic heterocycles. The molecule has 0 bridgehead atoms. The number of rotatable bonds is 8. The molecule has 1 unspecified atom stereocenters. The van der Waals surface area contributed by atoms with Crippen molar-refractivity contribution in [3.05, 3.63) is 28.7 Å². The topological polar surface area (TPSA) is 96.5 Å². The number of esters is 1. The summed E-state index contributed by atoms with van der Waals surface area (Å²) in [6, 6.07) is 6.57. The second kappa shape index (κ2) is 10.7. The third kappa shape index (κ3) is 8.53. The summed E-state index contributed by atoms with van der Waals surface area (Å²) in [6.07, 6.45) is 0.616. The molecule has 25 heavy (non-hydrogen) atoms. The van der Waals surface area contributed by atoms with Gasteiger partial charge in [-0.1, -0.05) is 29.8 Å². The summed E-state index contributed by atoms with van der Waals surface area (Å²) < 4.78 is 5.65. The molecule has 0 saturated heterocycles. The Morgan fingerprint density at radius 3 is 2.32 bits per heavy atom. The van der Waals surface area contributed by atoms with Crippen LogP contribution in [0.15, 0.2) is 28.7 Å². The van der Waals surface area contributed by atoms with Crippen LogP contribution in [0.25, 0.3) is 0 Å². The van der Waals surface area contributed by atoms with Crippen molar-refractivity contribution in [2.45, 2.75) is 20.3 Å². The first-order valence-electron chi connectivity index (χ1n) is 7.96. The highest BCUT2D eigenvalue weighted by molar-refractivity contribution is 9.10. The first kappa shape index (κ1) is 21.0. The zero-order valence-corrected chi connectivity index (χ0v) is 16.2. The van der Waals surface area contributed by atoms with Crippen LogP contribution in [0.3, 0.4) is 0 Å². The minimum atomic E-state index is -0.482. The molecule has 1 atom stereocenters. The maximum Gasteiger partial charge on any atom is 0.319 e. The van der Waals surface area contributed by atoms with E-state index in [2.05, 4.69) is 31.9 Å². The fourth-order valence-corrected chi connectivity index (χ4v) is 2.43. The molecule has 0 fully saturated rings. The van der Waals surface area contributed by atoms with Gasteiger partial charge in [-0.15, -0.1) is 0 Å². The van der Waals surface area contributed by atoms with Gasteiger partial charge < -0.3 is 20.7 Å². The molecule has 0 aliphatic carbocycles. The predicted octanol–water partition coefficient (Wildman–Crippen LogP) is 2.52. The Morgan fingerprint density at radius 1 is 1.12 bits per heavy atom. The van der Waals surface area contributed by atoms with Crippen LogP contribution in [0.5, 0.6) is 0 Å². The van der Waals surface area contributed by atoms with E-state index in [1.807, 2.05) is 13.8 Å². The number of ether oxygens (including phenoxy) is 1. The lowest BCUT2D eigenvalue weighted by molar-refractivity contribution is -0.145. The molecule has 0 radical (unpaired) electrons. The van der Waals surface area contributed by atoms with Gasteiger partial charge in [0.15, 0.2) is 0 Å². The Morgan fingerprint density at radius 2 is 1.76 bits per heavy atom. The van der Waals surface area contributed by atoms with Gasteiger partial charge in [-0.25, -0.2) is 4.79 Å². The second-order valence-electron chi connectivity index (χ2n) is 5.97. The van der Waals surface area contributed by atoms with E-state index in [0.717, 1.165) is 4.47 Å². The van der Waals surface area contributed by atoms with E-state index in [9.17, 15) is 14.4 Å². The lowest BCUT2D eigenvalue weighted by Gasteiger charge is -2.17. The van der Waals surface area contributed by atoms with Crippen molar-refractivity contribution in [1.29, 1.82) is 0 Å². The van der Waals surface area contributed by atoms with Gasteiger partial charge in [0.1, 0.15) is 0 Å². The lowest BCUT2D eigenvalue weighted by atomic mass is 9.97. The number of urea groups is 1. The molecular weight excluding hydrogens is 390 g/mol. The van der Waals surface area contributed by atoms with Crippen molar-refractivity contribution in [1.82, 2.24) is 10.6 Å². The van der Waals surface area contributed by atoms with Crippen molar-refractivity contribution < 1.29 is 19.1 Å². The molecule has 0 aliphatic rings. The van der Waals surface area contributed by atoms with Crippen LogP contribution in [-0.4, -0.2) is 38.1 Å². The molecule has 1 aromatic rings. The smallest absolute Gasteiger partial charge is 0.319 e. The number of hydrogen-bond acceptors (Lipinski definition) is 4. The fraction of sp³-hybridized carbons (Fsp3) is 0.471. The fourth-order valence-electron chi connectivity index (χ4n) is 2.17. The molecule has 138 valence electrons. The van der Waals surface area contributed by atoms with Crippen LogP contribution < -0.4 is 16.0 Å². The summed E-state index contributed by atoms with van der Waals surface area (Å²) >= 11 is 3.31. The Hall–Kier alpha value is -2.09. The van der Waals surface area contributed by atoms with E-state index in [0.29, 0.717) is 18.0 Å². The molecule has 0 aliphatic heterocycles. The summed E-state index contributed by atoms with van der Waals surface area (Å²) in [5.74, 6) is -0.820. The number of benzene rings is 1. The number of amides is 3. The van der Waals surface area contributed by atoms with Gasteiger partial charge in [0.25, 0.3) is 0 Å². The first-order valence-corrected chi connectivity index (χ1v) is 8.76. The van der Waals surface area contributed by atoms with Crippen LogP contribution >= 0.6 is 15.9 Å². The summed E-state index contributed by atoms with van der Waals surface area (Å²) in [5.41, 5.74) is 0.615. The Labute approximate surface area is 156 Å². The minimum Gasteiger partial charge on any atom is -0.469 e. The third-order valence-corrected chi connectivity index (χ3v) is 3.88. The molecule has 3 amide bonds. The van der Waals surface area contributed by atoms with Gasteiger partial charge in [-0.05, 0) is 36.6 Å². The molecule has 3 N–H and O–H groups in total. The van der Waals surface area contributed by atoms with E-state index in [4.69, 9.17) is 4.74 Å². The number of methoxy groups -OCH3 is 1. The largest absolute Gasteiger partial charge is 0.469 e. The summed E-state index contributed by atoms with van der Waals surface area (Å²) in [6.45, 7) is 3.98. The zero-order valence-electron chi connectivity index (χ0n) is 14.6. The third-order valence-electron chi connectivity index (χ3n) is 3.35. The second-order valence-corrected chi connectivity index (χ2v) is 6.88. The number of halogens is 1. The van der Waals surface area contributed by atoms with Gasteiger partial charge in [-0.3, -0.25) is 9.59 Å². The number of carbonyl (C=O) groups excluding carboxylic acids is 3. The highest BCUT2D eigenvalue weighted by Crippen LogP contribution is 2.14. The number of carbonyl (C=O) groups is 3. The number of hydrogen-bond donors (Lipinski definition) is 3. The molecule has 1 rings (SSSR count). The molecule has 8 heteroatoms. The maximum absolute atomic E-state index is 11.8. The first-order chi connectivity index (χ1) is 11.8. The van der Waals surface area contributed by atoms with E-state index in [1.54, 1.807) is 24.3 Å². The average molecular weight is 414 g/mol. The zero-order chi connectivity index (χ0) is 18.8. The summed E-state index contributed by atoms with van der Waals surface area (Å²) in [5, 5.41) is 7.72. The van der Waals surface area contributed by atoms with Crippen LogP contribution in [0.2, 0.25) is 0 Å². The van der Waals surface area contributed by atoms with Gasteiger partial charge in [-0.2, -0.15) is 0 Å². The van der Waals surface area contributed by atoms with E-state index in [-0.39, 0.29) is 25.0 Å². The standard InChI is InChI=1S/C17H24BrN3O4/c1-11(2)8-12(16(23)25-3)9-19-15(22)10-20-17(24)21-14-6-4-13(18)5-7-14/h4-7,11-12H,8-10H2,1-3H3,(H,19,22)(H2,20,21,24). The van der Waals surface area contributed by atoms with Gasteiger partial charge in [0.05, 0.1) is 19.6 Å². The van der Waals surface area contributed by atoms with E-state index >= 15 is 0 Å². The van der Waals surface area contributed by atoms with Gasteiger partial charge >= 0.3 is 12.0 Å². The normalized spacial score (nSPS) is 11.6. The summed E-state index contributed by atoms with van der Waals surface area (Å²) in [7, 11) is 1.32. The molecule has 7 nitrogen and oxygen atoms in total. The number of anilines is 1. The molecule has 0 heterocycles. The van der Waals surface area contributed by atoms with Gasteiger partial charge in [0, 0.05) is 16.7 Å². The SMILES string of the molecule is COC(=O)C(CNC(=O)CNC(=O)Nc1ccc(Br)cc1)CC(C)C. The highest BCUT2D eigenvalue weighted by Gasteiger charge is 2.21. The molecular formula is C17H24BrN3O4. The minimum absolute atomic E-state index is 0.180. The van der Waals surface area contributed by atoms with Crippen LogP contribution in [0.4, 0.5) is 10.5 Å². The van der Waals surface area contributed by atoms with Crippen molar-refractivity contribution in [2.75, 3.05) is 25.5 Å². The quantitative estimate of drug-likeness (QED) is 0.570. The monoisotopic (exact) mass is 413 g/mol. The Balaban J connectivity index is 2.36. The molecule has 0 spiro atoms. The Kier molecular flexibility index (Phi) is 8.98. The van der Waals surface area contributed by atoms with Crippen molar-refractivity contribution in [2.24, 2.45) is 11.8 Å². The maximum atomic E-state index is 11.8. The van der Waals surface area contributed by atoms with Gasteiger partial charge in [0.2, 0.25) is 5.91 Å². The van der Waals surface area contributed by atoms with Crippen molar-refractivity contribution in [3.63, 3.8) is 0 Å². The van der Waals surface area contributed by atoms with Crippen LogP contribution in [0, 0.1) is 11.8 Å². The highest BCUT2D eigenvalue weighted by atomic mass is 79.9. The predicted molar refractivity (Wildman–Crippen MR) is 99.1 cm³/mol. The van der Waals surface area contributed by atoms with E-state index in [1.165, 1.54) is 7.11 Å². The average Bonchev–Trinajstić information content (AvgIpc) is 2.57. The van der Waals surface area contributed by atoms with E-state index < -0.39 is 11.9 Å². The Bertz CT molecular complexity index is 590. The molecule has 0 saturated carbocycles. The molecule has 1 aromatic carbocycles. The van der Waals surface area contributed by atoms with Crippen molar-refractivity contribution in [3.8, 4) is 0 Å². The van der Waals surface area contributed by atoms with Crippen LogP contribution in [-0.2, 0) is 14.3 Å². The summed E-state index contributed by atoms with van der Waals surface area (Å²) in [4.78, 5) is 35.3.